The fourth-order valence-electron chi connectivity index (χ4n) is 1.89. The van der Waals surface area contributed by atoms with Crippen LogP contribution in [0.2, 0.25) is 0 Å². The molecule has 2 rings (SSSR count). The van der Waals surface area contributed by atoms with Gasteiger partial charge in [0.05, 0.1) is 27.9 Å². The van der Waals surface area contributed by atoms with Crippen LogP contribution in [0.1, 0.15) is 11.8 Å². The molecule has 0 aliphatic carbocycles. The third-order valence-electron chi connectivity index (χ3n) is 2.85. The molecule has 0 amide bonds. The summed E-state index contributed by atoms with van der Waals surface area (Å²) in [4.78, 5) is 1.27. The second-order valence-corrected chi connectivity index (χ2v) is 8.71. The number of anilines is 1. The van der Waals surface area contributed by atoms with Crippen LogP contribution in [-0.4, -0.2) is 36.5 Å². The molecule has 2 N–H and O–H groups in total. The Morgan fingerprint density at radius 3 is 2.79 bits per heavy atom. The molecule has 8 heteroatoms. The van der Waals surface area contributed by atoms with Crippen LogP contribution in [0.15, 0.2) is 12.1 Å². The van der Waals surface area contributed by atoms with E-state index in [1.165, 1.54) is 4.88 Å². The van der Waals surface area contributed by atoms with Crippen molar-refractivity contribution in [2.24, 2.45) is 0 Å². The second-order valence-electron chi connectivity index (χ2n) is 4.42. The van der Waals surface area contributed by atoms with Gasteiger partial charge in [0.1, 0.15) is 0 Å². The first kappa shape index (κ1) is 15.0. The number of halogens is 1. The zero-order valence-corrected chi connectivity index (χ0v) is 13.6. The van der Waals surface area contributed by atoms with Gasteiger partial charge in [0, 0.05) is 4.88 Å². The molecule has 19 heavy (non-hydrogen) atoms. The molecular weight excluding hydrogens is 324 g/mol. The molecule has 1 aliphatic rings. The molecule has 0 spiro atoms. The lowest BCUT2D eigenvalue weighted by molar-refractivity contribution is 0.600. The van der Waals surface area contributed by atoms with Crippen molar-refractivity contribution < 1.29 is 8.42 Å². The van der Waals surface area contributed by atoms with Gasteiger partial charge in [-0.2, -0.15) is 0 Å². The van der Waals surface area contributed by atoms with E-state index in [9.17, 15) is 8.42 Å². The summed E-state index contributed by atoms with van der Waals surface area (Å²) in [5.41, 5.74) is 0. The number of hydrogen-bond donors (Lipinski definition) is 2. The van der Waals surface area contributed by atoms with Crippen molar-refractivity contribution in [1.82, 2.24) is 5.32 Å². The topological polar surface area (TPSA) is 58.2 Å². The van der Waals surface area contributed by atoms with E-state index < -0.39 is 15.2 Å². The van der Waals surface area contributed by atoms with Crippen molar-refractivity contribution in [2.75, 3.05) is 16.8 Å². The first-order valence-corrected chi connectivity index (χ1v) is 9.38. The summed E-state index contributed by atoms with van der Waals surface area (Å²) in [5.74, 6) is 0.0431. The molecule has 0 radical (unpaired) electrons. The van der Waals surface area contributed by atoms with E-state index in [1.54, 1.807) is 11.3 Å². The van der Waals surface area contributed by atoms with E-state index in [0.717, 1.165) is 11.4 Å². The van der Waals surface area contributed by atoms with Crippen LogP contribution < -0.4 is 10.6 Å². The van der Waals surface area contributed by atoms with Crippen molar-refractivity contribution >= 4 is 55.1 Å². The maximum Gasteiger partial charge on any atom is 0.171 e. The molecule has 0 saturated carbocycles. The number of thiocarbonyl (C=S) groups is 1. The Balaban J connectivity index is 1.91. The number of aryl methyl sites for hydroxylation is 1. The maximum atomic E-state index is 11.4. The quantitative estimate of drug-likeness (QED) is 0.652. The molecule has 106 valence electrons. The first-order valence-electron chi connectivity index (χ1n) is 5.90. The summed E-state index contributed by atoms with van der Waals surface area (Å²) in [5, 5.41) is 6.96. The Hall–Kier alpha value is -0.370. The smallest absolute Gasteiger partial charge is 0.171 e. The third-order valence-corrected chi connectivity index (χ3v) is 6.59. The SMILES string of the molecule is CCc1ccc(NC(=S)N[C@@H]2CS(=O)(=O)C[C@@H]2Cl)s1. The fraction of sp³-hybridized carbons (Fsp3) is 0.545. The predicted octanol–water partition coefficient (Wildman–Crippen LogP) is 2.00. The number of sulfone groups is 1. The second kappa shape index (κ2) is 5.95. The molecule has 0 bridgehead atoms. The summed E-state index contributed by atoms with van der Waals surface area (Å²) in [6.45, 7) is 2.09. The van der Waals surface area contributed by atoms with Gasteiger partial charge in [0.25, 0.3) is 0 Å². The first-order chi connectivity index (χ1) is 8.89. The van der Waals surface area contributed by atoms with Crippen LogP contribution in [0, 0.1) is 0 Å². The maximum absolute atomic E-state index is 11.4. The van der Waals surface area contributed by atoms with Crippen molar-refractivity contribution in [3.8, 4) is 0 Å². The number of nitrogens with one attached hydrogen (secondary N) is 2. The lowest BCUT2D eigenvalue weighted by Crippen LogP contribution is -2.42. The average molecular weight is 339 g/mol. The summed E-state index contributed by atoms with van der Waals surface area (Å²) in [6, 6.07) is 3.68. The highest BCUT2D eigenvalue weighted by Crippen LogP contribution is 2.22. The van der Waals surface area contributed by atoms with E-state index >= 15 is 0 Å². The summed E-state index contributed by atoms with van der Waals surface area (Å²) >= 11 is 12.8. The number of rotatable bonds is 3. The largest absolute Gasteiger partial charge is 0.357 e. The summed E-state index contributed by atoms with van der Waals surface area (Å²) in [7, 11) is -3.04. The van der Waals surface area contributed by atoms with Crippen LogP contribution in [0.4, 0.5) is 5.00 Å². The molecule has 1 aliphatic heterocycles. The Morgan fingerprint density at radius 1 is 1.53 bits per heavy atom. The van der Waals surface area contributed by atoms with Crippen LogP contribution >= 0.6 is 35.2 Å². The van der Waals surface area contributed by atoms with Gasteiger partial charge in [-0.05, 0) is 30.8 Å². The van der Waals surface area contributed by atoms with Gasteiger partial charge >= 0.3 is 0 Å². The van der Waals surface area contributed by atoms with Crippen molar-refractivity contribution in [3.63, 3.8) is 0 Å². The minimum absolute atomic E-state index is 0.00776. The molecule has 1 fully saturated rings. The van der Waals surface area contributed by atoms with E-state index in [0.29, 0.717) is 5.11 Å². The van der Waals surface area contributed by atoms with Crippen molar-refractivity contribution in [3.05, 3.63) is 17.0 Å². The minimum atomic E-state index is -3.04. The summed E-state index contributed by atoms with van der Waals surface area (Å²) < 4.78 is 22.9. The lowest BCUT2D eigenvalue weighted by Gasteiger charge is -2.16. The molecule has 2 atom stereocenters. The molecule has 1 aromatic heterocycles. The average Bonchev–Trinajstić information content (AvgIpc) is 2.83. The van der Waals surface area contributed by atoms with E-state index in [4.69, 9.17) is 23.8 Å². The molecule has 1 saturated heterocycles. The van der Waals surface area contributed by atoms with Crippen molar-refractivity contribution in [2.45, 2.75) is 24.8 Å². The van der Waals surface area contributed by atoms with Crippen LogP contribution in [0.3, 0.4) is 0 Å². The number of alkyl halides is 1. The van der Waals surface area contributed by atoms with Gasteiger partial charge < -0.3 is 10.6 Å². The number of hydrogen-bond acceptors (Lipinski definition) is 4. The highest BCUT2D eigenvalue weighted by atomic mass is 35.5. The predicted molar refractivity (Wildman–Crippen MR) is 85.1 cm³/mol. The summed E-state index contributed by atoms with van der Waals surface area (Å²) in [6.07, 6.45) is 0.983. The van der Waals surface area contributed by atoms with E-state index in [1.807, 2.05) is 12.1 Å². The minimum Gasteiger partial charge on any atom is -0.357 e. The Labute approximate surface area is 127 Å². The third kappa shape index (κ3) is 4.05. The van der Waals surface area contributed by atoms with Gasteiger partial charge in [0.2, 0.25) is 0 Å². The molecule has 0 aromatic carbocycles. The number of thiophene rings is 1. The fourth-order valence-corrected chi connectivity index (χ4v) is 5.62. The monoisotopic (exact) mass is 338 g/mol. The lowest BCUT2D eigenvalue weighted by atomic mass is 10.2. The van der Waals surface area contributed by atoms with Gasteiger partial charge in [-0.1, -0.05) is 6.92 Å². The highest BCUT2D eigenvalue weighted by molar-refractivity contribution is 7.91. The van der Waals surface area contributed by atoms with Crippen LogP contribution in [0.5, 0.6) is 0 Å². The van der Waals surface area contributed by atoms with Crippen LogP contribution in [0.25, 0.3) is 0 Å². The van der Waals surface area contributed by atoms with Crippen molar-refractivity contribution in [1.29, 1.82) is 0 Å². The molecule has 4 nitrogen and oxygen atoms in total. The van der Waals surface area contributed by atoms with E-state index in [-0.39, 0.29) is 17.5 Å². The van der Waals surface area contributed by atoms with E-state index in [2.05, 4.69) is 17.6 Å². The van der Waals surface area contributed by atoms with Crippen LogP contribution in [-0.2, 0) is 16.3 Å². The van der Waals surface area contributed by atoms with Gasteiger partial charge in [-0.3, -0.25) is 0 Å². The van der Waals surface area contributed by atoms with Gasteiger partial charge in [0.15, 0.2) is 14.9 Å². The Kier molecular flexibility index (Phi) is 4.70. The molecule has 2 heterocycles. The Bertz CT molecular complexity index is 570. The Morgan fingerprint density at radius 2 is 2.26 bits per heavy atom. The zero-order chi connectivity index (χ0) is 14.0. The van der Waals surface area contributed by atoms with Gasteiger partial charge in [-0.15, -0.1) is 22.9 Å². The standard InChI is InChI=1S/C11H15ClN2O2S3/c1-2-7-3-4-10(18-7)14-11(17)13-9-6-19(15,16)5-8(9)12/h3-4,8-9H,2,5-6H2,1H3,(H2,13,14,17)/t8-,9+/m0/s1. The normalized spacial score (nSPS) is 25.2. The molecule has 0 unspecified atom stereocenters. The van der Waals surface area contributed by atoms with Gasteiger partial charge in [-0.25, -0.2) is 8.42 Å². The highest BCUT2D eigenvalue weighted by Gasteiger charge is 2.36. The molecule has 1 aromatic rings. The molecular formula is C11H15ClN2O2S3. The zero-order valence-electron chi connectivity index (χ0n) is 10.3.